The quantitative estimate of drug-likeness (QED) is 0.781. The highest BCUT2D eigenvalue weighted by atomic mass is 35.5. The van der Waals surface area contributed by atoms with Gasteiger partial charge >= 0.3 is 0 Å². The molecule has 0 bridgehead atoms. The second kappa shape index (κ2) is 7.78. The van der Waals surface area contributed by atoms with Crippen LogP contribution in [-0.2, 0) is 14.6 Å². The van der Waals surface area contributed by atoms with Crippen molar-refractivity contribution in [2.45, 2.75) is 38.3 Å². The number of halogens is 1. The summed E-state index contributed by atoms with van der Waals surface area (Å²) < 4.78 is 29.5. The number of thiocarbonyl (C=S) groups is 1. The minimum Gasteiger partial charge on any atom is -0.376 e. The highest BCUT2D eigenvalue weighted by molar-refractivity contribution is 7.91. The summed E-state index contributed by atoms with van der Waals surface area (Å²) in [5.41, 5.74) is 1.80. The lowest BCUT2D eigenvalue weighted by Gasteiger charge is -2.33. The number of hydrogen-bond donors (Lipinski definition) is 1. The zero-order chi connectivity index (χ0) is 18.0. The zero-order valence-electron chi connectivity index (χ0n) is 14.2. The Labute approximate surface area is 159 Å². The number of ether oxygens (including phenoxy) is 1. The Morgan fingerprint density at radius 2 is 2.24 bits per heavy atom. The minimum atomic E-state index is -2.98. The molecule has 3 rings (SSSR count). The zero-order valence-corrected chi connectivity index (χ0v) is 16.6. The molecule has 25 heavy (non-hydrogen) atoms. The van der Waals surface area contributed by atoms with E-state index >= 15 is 0 Å². The fourth-order valence-corrected chi connectivity index (χ4v) is 5.55. The van der Waals surface area contributed by atoms with Crippen molar-refractivity contribution in [2.24, 2.45) is 0 Å². The number of nitrogens with zero attached hydrogens (tertiary/aromatic N) is 1. The van der Waals surface area contributed by atoms with Crippen molar-refractivity contribution in [3.8, 4) is 0 Å². The molecule has 2 aliphatic heterocycles. The largest absolute Gasteiger partial charge is 0.376 e. The highest BCUT2D eigenvalue weighted by Crippen LogP contribution is 2.24. The maximum Gasteiger partial charge on any atom is 0.173 e. The minimum absolute atomic E-state index is 0.102. The van der Waals surface area contributed by atoms with Gasteiger partial charge in [0.2, 0.25) is 0 Å². The van der Waals surface area contributed by atoms with E-state index in [9.17, 15) is 8.42 Å². The monoisotopic (exact) mass is 402 g/mol. The van der Waals surface area contributed by atoms with Crippen LogP contribution in [0.3, 0.4) is 0 Å². The van der Waals surface area contributed by atoms with E-state index in [1.807, 2.05) is 30.0 Å². The third kappa shape index (κ3) is 4.84. The van der Waals surface area contributed by atoms with Gasteiger partial charge in [0.25, 0.3) is 0 Å². The van der Waals surface area contributed by atoms with E-state index in [1.54, 1.807) is 0 Å². The molecule has 1 aromatic carbocycles. The van der Waals surface area contributed by atoms with Crippen molar-refractivity contribution >= 4 is 44.5 Å². The van der Waals surface area contributed by atoms with Gasteiger partial charge in [0.05, 0.1) is 17.6 Å². The topological polar surface area (TPSA) is 58.6 Å². The van der Waals surface area contributed by atoms with Crippen LogP contribution in [0.5, 0.6) is 0 Å². The first-order valence-electron chi connectivity index (χ1n) is 8.50. The van der Waals surface area contributed by atoms with Crippen LogP contribution in [0.15, 0.2) is 18.2 Å². The Morgan fingerprint density at radius 1 is 1.44 bits per heavy atom. The van der Waals surface area contributed by atoms with Crippen molar-refractivity contribution in [3.63, 3.8) is 0 Å². The number of aryl methyl sites for hydroxylation is 1. The molecular weight excluding hydrogens is 380 g/mol. The van der Waals surface area contributed by atoms with E-state index in [1.165, 1.54) is 0 Å². The molecule has 2 atom stereocenters. The molecule has 1 N–H and O–H groups in total. The Kier molecular flexibility index (Phi) is 5.88. The summed E-state index contributed by atoms with van der Waals surface area (Å²) in [4.78, 5) is 1.99. The SMILES string of the molecule is Cc1ccc(NC(=S)N(C[C@H]2CCCO2)[C@@H]2CCS(=O)(=O)C2)cc1Cl. The van der Waals surface area contributed by atoms with E-state index in [2.05, 4.69) is 5.32 Å². The average molecular weight is 403 g/mol. The highest BCUT2D eigenvalue weighted by Gasteiger charge is 2.35. The van der Waals surface area contributed by atoms with Crippen molar-refractivity contribution in [1.82, 2.24) is 4.90 Å². The van der Waals surface area contributed by atoms with Gasteiger partial charge in [0.1, 0.15) is 0 Å². The smallest absolute Gasteiger partial charge is 0.173 e. The van der Waals surface area contributed by atoms with Gasteiger partial charge in [-0.1, -0.05) is 17.7 Å². The molecule has 0 amide bonds. The third-order valence-corrected chi connectivity index (χ3v) is 7.25. The Balaban J connectivity index is 1.74. The van der Waals surface area contributed by atoms with Crippen molar-refractivity contribution in [3.05, 3.63) is 28.8 Å². The van der Waals surface area contributed by atoms with Gasteiger partial charge < -0.3 is 15.0 Å². The molecular formula is C17H23ClN2O3S2. The summed E-state index contributed by atoms with van der Waals surface area (Å²) >= 11 is 11.8. The first-order valence-corrected chi connectivity index (χ1v) is 11.1. The van der Waals surface area contributed by atoms with Gasteiger partial charge in [-0.05, 0) is 56.1 Å². The molecule has 2 fully saturated rings. The van der Waals surface area contributed by atoms with Crippen LogP contribution >= 0.6 is 23.8 Å². The van der Waals surface area contributed by atoms with Crippen LogP contribution in [0, 0.1) is 6.92 Å². The second-order valence-electron chi connectivity index (χ2n) is 6.74. The summed E-state index contributed by atoms with van der Waals surface area (Å²) in [6.45, 7) is 3.32. The van der Waals surface area contributed by atoms with Crippen molar-refractivity contribution in [2.75, 3.05) is 30.0 Å². The van der Waals surface area contributed by atoms with Crippen LogP contribution < -0.4 is 5.32 Å². The maximum atomic E-state index is 11.9. The lowest BCUT2D eigenvalue weighted by atomic mass is 10.1. The Bertz CT molecular complexity index is 748. The summed E-state index contributed by atoms with van der Waals surface area (Å²) in [5, 5.41) is 4.40. The molecule has 1 aromatic rings. The van der Waals surface area contributed by atoms with E-state index in [0.29, 0.717) is 23.1 Å². The van der Waals surface area contributed by atoms with E-state index in [0.717, 1.165) is 30.7 Å². The Hall–Kier alpha value is -0.890. The number of sulfone groups is 1. The summed E-state index contributed by atoms with van der Waals surface area (Å²) in [6, 6.07) is 5.58. The van der Waals surface area contributed by atoms with Gasteiger partial charge in [-0.2, -0.15) is 0 Å². The van der Waals surface area contributed by atoms with E-state index < -0.39 is 9.84 Å². The van der Waals surface area contributed by atoms with Crippen LogP contribution in [-0.4, -0.2) is 55.2 Å². The maximum absolute atomic E-state index is 11.9. The lowest BCUT2D eigenvalue weighted by Crippen LogP contribution is -2.47. The summed E-state index contributed by atoms with van der Waals surface area (Å²) in [6.07, 6.45) is 2.72. The predicted octanol–water partition coefficient (Wildman–Crippen LogP) is 3.01. The van der Waals surface area contributed by atoms with E-state index in [4.69, 9.17) is 28.6 Å². The van der Waals surface area contributed by atoms with E-state index in [-0.39, 0.29) is 23.7 Å². The number of nitrogens with one attached hydrogen (secondary N) is 1. The molecule has 138 valence electrons. The van der Waals surface area contributed by atoms with Crippen LogP contribution in [0.2, 0.25) is 5.02 Å². The standard InChI is InChI=1S/C17H23ClN2O3S2/c1-12-4-5-13(9-16(12)18)19-17(24)20(10-15-3-2-7-23-15)14-6-8-25(21,22)11-14/h4-5,9,14-15H,2-3,6-8,10-11H2,1H3,(H,19,24)/t14-,15-/m1/s1. The average Bonchev–Trinajstić information content (AvgIpc) is 3.17. The van der Waals surface area contributed by atoms with Gasteiger partial charge in [-0.25, -0.2) is 8.42 Å². The fourth-order valence-electron chi connectivity index (χ4n) is 3.29. The van der Waals surface area contributed by atoms with Crippen molar-refractivity contribution in [1.29, 1.82) is 0 Å². The molecule has 2 saturated heterocycles. The van der Waals surface area contributed by atoms with Crippen LogP contribution in [0.25, 0.3) is 0 Å². The number of rotatable bonds is 4. The second-order valence-corrected chi connectivity index (χ2v) is 9.76. The molecule has 2 aliphatic rings. The molecule has 0 radical (unpaired) electrons. The normalized spacial score (nSPS) is 25.0. The number of benzene rings is 1. The van der Waals surface area contributed by atoms with Gasteiger partial charge in [-0.15, -0.1) is 0 Å². The number of anilines is 1. The first-order chi connectivity index (χ1) is 11.8. The van der Waals surface area contributed by atoms with Gasteiger partial charge in [0.15, 0.2) is 14.9 Å². The lowest BCUT2D eigenvalue weighted by molar-refractivity contribution is 0.0851. The molecule has 0 aromatic heterocycles. The molecule has 2 heterocycles. The molecule has 0 saturated carbocycles. The van der Waals surface area contributed by atoms with Crippen molar-refractivity contribution < 1.29 is 13.2 Å². The van der Waals surface area contributed by atoms with Gasteiger partial charge in [-0.3, -0.25) is 0 Å². The first kappa shape index (κ1) is 18.9. The Morgan fingerprint density at radius 3 is 2.84 bits per heavy atom. The van der Waals surface area contributed by atoms with Crippen LogP contribution in [0.4, 0.5) is 5.69 Å². The third-order valence-electron chi connectivity index (χ3n) is 4.76. The molecule has 0 aliphatic carbocycles. The molecule has 0 unspecified atom stereocenters. The molecule has 8 heteroatoms. The number of hydrogen-bond acceptors (Lipinski definition) is 4. The van der Waals surface area contributed by atoms with Gasteiger partial charge in [0, 0.05) is 29.9 Å². The molecule has 5 nitrogen and oxygen atoms in total. The summed E-state index contributed by atoms with van der Waals surface area (Å²) in [7, 11) is -2.98. The predicted molar refractivity (Wildman–Crippen MR) is 105 cm³/mol. The fraction of sp³-hybridized carbons (Fsp3) is 0.588. The van der Waals surface area contributed by atoms with Crippen LogP contribution in [0.1, 0.15) is 24.8 Å². The molecule has 0 spiro atoms. The summed E-state index contributed by atoms with van der Waals surface area (Å²) in [5.74, 6) is 0.370.